The molecule has 0 aliphatic carbocycles. The zero-order valence-corrected chi connectivity index (χ0v) is 6.28. The van der Waals surface area contributed by atoms with E-state index in [1.54, 1.807) is 0 Å². The molecule has 0 aromatic rings. The lowest BCUT2D eigenvalue weighted by Crippen LogP contribution is -1.90. The van der Waals surface area contributed by atoms with Crippen molar-refractivity contribution in [2.75, 3.05) is 5.88 Å². The lowest BCUT2D eigenvalue weighted by Gasteiger charge is -1.97. The van der Waals surface area contributed by atoms with Crippen molar-refractivity contribution in [3.63, 3.8) is 0 Å². The van der Waals surface area contributed by atoms with Gasteiger partial charge in [-0.2, -0.15) is 0 Å². The molecule has 1 unspecified atom stereocenters. The lowest BCUT2D eigenvalue weighted by atomic mass is 9.81. The molecule has 0 nitrogen and oxygen atoms in total. The molecule has 1 atom stereocenters. The van der Waals surface area contributed by atoms with E-state index in [9.17, 15) is 0 Å². The Kier molecular flexibility index (Phi) is 14.6. The second-order valence-corrected chi connectivity index (χ2v) is 1.98. The highest BCUT2D eigenvalue weighted by molar-refractivity contribution is 6.75. The average Bonchev–Trinajstić information content (AvgIpc) is 1.91. The molecular formula is C5H11B2Cl. The molecule has 0 aromatic carbocycles. The zero-order valence-electron chi connectivity index (χ0n) is 5.52. The van der Waals surface area contributed by atoms with E-state index < -0.39 is 0 Å². The summed E-state index contributed by atoms with van der Waals surface area (Å²) >= 11 is 5.45. The molecule has 0 saturated heterocycles. The van der Waals surface area contributed by atoms with Crippen LogP contribution in [0.1, 0.15) is 20.3 Å². The Labute approximate surface area is 59.8 Å². The first-order valence-corrected chi connectivity index (χ1v) is 3.24. The summed E-state index contributed by atoms with van der Waals surface area (Å²) in [6.07, 6.45) is 1.20. The van der Waals surface area contributed by atoms with Crippen molar-refractivity contribution in [2.24, 2.45) is 5.92 Å². The quantitative estimate of drug-likeness (QED) is 0.390. The van der Waals surface area contributed by atoms with Crippen molar-refractivity contribution in [1.29, 1.82) is 0 Å². The Balaban J connectivity index is 0. The summed E-state index contributed by atoms with van der Waals surface area (Å²) in [6, 6.07) is 0. The van der Waals surface area contributed by atoms with E-state index in [-0.39, 0.29) is 0 Å². The van der Waals surface area contributed by atoms with Gasteiger partial charge in [0.15, 0.2) is 0 Å². The minimum Gasteiger partial charge on any atom is -0.126 e. The molecule has 3 heteroatoms. The summed E-state index contributed by atoms with van der Waals surface area (Å²) in [5.74, 6) is 1.50. The first kappa shape index (κ1) is 11.2. The molecule has 4 radical (unpaired) electrons. The van der Waals surface area contributed by atoms with Crippen molar-refractivity contribution in [2.45, 2.75) is 20.3 Å². The van der Waals surface area contributed by atoms with E-state index in [2.05, 4.69) is 29.3 Å². The maximum atomic E-state index is 5.45. The molecule has 0 bridgehead atoms. The molecule has 0 saturated carbocycles. The first-order valence-electron chi connectivity index (χ1n) is 2.70. The summed E-state index contributed by atoms with van der Waals surface area (Å²) in [4.78, 5) is 0. The monoisotopic (exact) mass is 128 g/mol. The van der Waals surface area contributed by atoms with E-state index in [1.165, 1.54) is 6.42 Å². The second-order valence-electron chi connectivity index (χ2n) is 1.67. The number of halogens is 1. The molecule has 0 fully saturated rings. The molecule has 0 N–H and O–H groups in total. The van der Waals surface area contributed by atoms with Gasteiger partial charge in [0.1, 0.15) is 0 Å². The minimum absolute atomic E-state index is 0.701. The van der Waals surface area contributed by atoms with Crippen LogP contribution in [0, 0.1) is 5.92 Å². The third-order valence-electron chi connectivity index (χ3n) is 0.960. The van der Waals surface area contributed by atoms with E-state index in [0.29, 0.717) is 5.92 Å². The van der Waals surface area contributed by atoms with Crippen LogP contribution in [0.2, 0.25) is 0 Å². The van der Waals surface area contributed by atoms with Gasteiger partial charge in [-0.15, -0.1) is 11.6 Å². The number of alkyl halides is 1. The van der Waals surface area contributed by atoms with Gasteiger partial charge in [-0.1, -0.05) is 20.3 Å². The van der Waals surface area contributed by atoms with Gasteiger partial charge >= 0.3 is 0 Å². The Bertz CT molecular complexity index is 29.6. The summed E-state index contributed by atoms with van der Waals surface area (Å²) in [7, 11) is 8.00. The van der Waals surface area contributed by atoms with Gasteiger partial charge in [-0.05, 0) is 5.92 Å². The number of hydrogen-bond donors (Lipinski definition) is 0. The molecule has 8 heavy (non-hydrogen) atoms. The first-order chi connectivity index (χ1) is 3.81. The molecule has 44 valence electrons. The summed E-state index contributed by atoms with van der Waals surface area (Å²) in [5.41, 5.74) is 0. The topological polar surface area (TPSA) is 0 Å². The molecule has 0 aliphatic rings. The Morgan fingerprint density at radius 2 is 1.88 bits per heavy atom. The van der Waals surface area contributed by atoms with Gasteiger partial charge in [0.25, 0.3) is 0 Å². The predicted molar refractivity (Wildman–Crippen MR) is 41.7 cm³/mol. The maximum absolute atomic E-state index is 5.45. The van der Waals surface area contributed by atoms with Crippen molar-refractivity contribution in [3.8, 4) is 0 Å². The van der Waals surface area contributed by atoms with Gasteiger partial charge in [0, 0.05) is 21.4 Å². The highest BCUT2D eigenvalue weighted by Gasteiger charge is 1.90. The minimum atomic E-state index is 0.701. The van der Waals surface area contributed by atoms with Crippen molar-refractivity contribution < 1.29 is 0 Å². The van der Waals surface area contributed by atoms with Crippen LogP contribution in [0.4, 0.5) is 0 Å². The zero-order chi connectivity index (χ0) is 6.99. The standard InChI is InChI=1S/C5H11Cl.B2/c1-3-5(2)4-6;1-2/h5H,3-4H2,1-2H3;. The van der Waals surface area contributed by atoms with Crippen LogP contribution in [-0.4, -0.2) is 21.4 Å². The summed E-state index contributed by atoms with van der Waals surface area (Å²) in [6.45, 7) is 4.29. The van der Waals surface area contributed by atoms with E-state index in [4.69, 9.17) is 11.6 Å². The van der Waals surface area contributed by atoms with Crippen LogP contribution < -0.4 is 0 Å². The maximum Gasteiger partial charge on any atom is 0.0249 e. The fourth-order valence-electron chi connectivity index (χ4n) is 0.109. The molecule has 0 heterocycles. The fourth-order valence-corrected chi connectivity index (χ4v) is 0.327. The van der Waals surface area contributed by atoms with E-state index in [1.807, 2.05) is 0 Å². The van der Waals surface area contributed by atoms with Crippen LogP contribution in [0.5, 0.6) is 0 Å². The predicted octanol–water partition coefficient (Wildman–Crippen LogP) is 1.51. The van der Waals surface area contributed by atoms with E-state index in [0.717, 1.165) is 5.88 Å². The SMILES string of the molecule is CCC(C)CCl.[B][B]. The normalized spacial score (nSPS) is 11.4. The highest BCUT2D eigenvalue weighted by Crippen LogP contribution is 2.00. The van der Waals surface area contributed by atoms with Gasteiger partial charge < -0.3 is 0 Å². The Morgan fingerprint density at radius 1 is 1.50 bits per heavy atom. The molecule has 0 rings (SSSR count). The average molecular weight is 128 g/mol. The third-order valence-corrected chi connectivity index (χ3v) is 1.49. The largest absolute Gasteiger partial charge is 0.126 e. The smallest absolute Gasteiger partial charge is 0.0249 e. The summed E-state index contributed by atoms with van der Waals surface area (Å²) < 4.78 is 0. The van der Waals surface area contributed by atoms with Crippen LogP contribution in [0.3, 0.4) is 0 Å². The lowest BCUT2D eigenvalue weighted by molar-refractivity contribution is 0.633. The van der Waals surface area contributed by atoms with Gasteiger partial charge in [0.05, 0.1) is 0 Å². The summed E-state index contributed by atoms with van der Waals surface area (Å²) in [5, 5.41) is 0. The van der Waals surface area contributed by atoms with Crippen LogP contribution in [-0.2, 0) is 0 Å². The van der Waals surface area contributed by atoms with Crippen molar-refractivity contribution >= 4 is 27.1 Å². The number of rotatable bonds is 2. The Morgan fingerprint density at radius 3 is 1.88 bits per heavy atom. The Hall–Kier alpha value is 0.420. The number of hydrogen-bond acceptors (Lipinski definition) is 0. The van der Waals surface area contributed by atoms with Gasteiger partial charge in [0.2, 0.25) is 0 Å². The van der Waals surface area contributed by atoms with E-state index >= 15 is 0 Å². The fraction of sp³-hybridized carbons (Fsp3) is 1.00. The highest BCUT2D eigenvalue weighted by atomic mass is 35.5. The van der Waals surface area contributed by atoms with Crippen LogP contribution in [0.25, 0.3) is 0 Å². The molecule has 0 aliphatic heterocycles. The van der Waals surface area contributed by atoms with Crippen molar-refractivity contribution in [3.05, 3.63) is 0 Å². The third kappa shape index (κ3) is 9.65. The van der Waals surface area contributed by atoms with Gasteiger partial charge in [-0.25, -0.2) is 0 Å². The van der Waals surface area contributed by atoms with Crippen LogP contribution in [0.15, 0.2) is 0 Å². The molecule has 0 aromatic heterocycles. The molecule has 0 amide bonds. The van der Waals surface area contributed by atoms with Crippen LogP contribution >= 0.6 is 11.6 Å². The second kappa shape index (κ2) is 10.4. The van der Waals surface area contributed by atoms with Crippen molar-refractivity contribution in [1.82, 2.24) is 0 Å². The molecular weight excluding hydrogens is 117 g/mol. The molecule has 0 spiro atoms. The van der Waals surface area contributed by atoms with Gasteiger partial charge in [-0.3, -0.25) is 0 Å².